The molecule has 0 spiro atoms. The second kappa shape index (κ2) is 4.38. The van der Waals surface area contributed by atoms with Crippen LogP contribution in [0, 0.1) is 0 Å². The van der Waals surface area contributed by atoms with Gasteiger partial charge in [0.05, 0.1) is 23.2 Å². The van der Waals surface area contributed by atoms with E-state index in [1.165, 1.54) is 11.3 Å². The smallest absolute Gasteiger partial charge is 0.280 e. The van der Waals surface area contributed by atoms with Crippen molar-refractivity contribution in [1.29, 1.82) is 0 Å². The number of hydrogen-bond donors (Lipinski definition) is 0. The number of hydrogen-bond acceptors (Lipinski definition) is 4. The number of alkyl halides is 1. The van der Waals surface area contributed by atoms with Gasteiger partial charge in [-0.1, -0.05) is 22.9 Å². The molecule has 0 aliphatic carbocycles. The minimum atomic E-state index is 0.340. The number of nitrogens with zero attached hydrogens (tertiary/aromatic N) is 3. The van der Waals surface area contributed by atoms with Gasteiger partial charge in [-0.25, -0.2) is 0 Å². The molecule has 2 heterocycles. The SMILES string of the molecule is Cn1cc(Oc2nc(Cl)c(CCl)s2)cn1. The van der Waals surface area contributed by atoms with Crippen LogP contribution in [0.1, 0.15) is 4.88 Å². The van der Waals surface area contributed by atoms with Gasteiger partial charge in [0, 0.05) is 7.05 Å². The van der Waals surface area contributed by atoms with Gasteiger partial charge in [0.1, 0.15) is 5.15 Å². The highest BCUT2D eigenvalue weighted by Gasteiger charge is 2.10. The number of rotatable bonds is 3. The number of aryl methyl sites for hydroxylation is 1. The highest BCUT2D eigenvalue weighted by atomic mass is 35.5. The number of halogens is 2. The van der Waals surface area contributed by atoms with Gasteiger partial charge in [-0.2, -0.15) is 10.1 Å². The first-order valence-electron chi connectivity index (χ1n) is 4.06. The molecule has 0 unspecified atom stereocenters. The molecule has 15 heavy (non-hydrogen) atoms. The standard InChI is InChI=1S/C8H7Cl2N3OS/c1-13-4-5(3-11-13)14-8-12-7(10)6(2-9)15-8/h3-4H,2H2,1H3. The van der Waals surface area contributed by atoms with E-state index in [1.807, 2.05) is 7.05 Å². The number of aromatic nitrogens is 3. The van der Waals surface area contributed by atoms with Crippen LogP contribution in [-0.2, 0) is 12.9 Å². The normalized spacial score (nSPS) is 10.6. The Morgan fingerprint density at radius 2 is 2.40 bits per heavy atom. The molecule has 2 rings (SSSR count). The van der Waals surface area contributed by atoms with Crippen LogP contribution in [0.25, 0.3) is 0 Å². The van der Waals surface area contributed by atoms with Crippen molar-refractivity contribution in [3.8, 4) is 10.9 Å². The summed E-state index contributed by atoms with van der Waals surface area (Å²) in [5.41, 5.74) is 0. The molecule has 2 aromatic heterocycles. The quantitative estimate of drug-likeness (QED) is 0.800. The number of thiazole rings is 1. The van der Waals surface area contributed by atoms with Crippen molar-refractivity contribution >= 4 is 34.5 Å². The van der Waals surface area contributed by atoms with Crippen LogP contribution in [0.4, 0.5) is 0 Å². The Hall–Kier alpha value is -0.780. The van der Waals surface area contributed by atoms with Gasteiger partial charge in [-0.3, -0.25) is 4.68 Å². The van der Waals surface area contributed by atoms with Gasteiger partial charge in [0.15, 0.2) is 5.75 Å². The largest absolute Gasteiger partial charge is 0.427 e. The van der Waals surface area contributed by atoms with Crippen LogP contribution in [0.2, 0.25) is 5.15 Å². The van der Waals surface area contributed by atoms with Crippen molar-refractivity contribution in [2.24, 2.45) is 7.05 Å². The van der Waals surface area contributed by atoms with Crippen LogP contribution < -0.4 is 4.74 Å². The Morgan fingerprint density at radius 3 is 2.93 bits per heavy atom. The van der Waals surface area contributed by atoms with Crippen LogP contribution in [-0.4, -0.2) is 14.8 Å². The molecule has 0 aliphatic rings. The molecule has 0 bridgehead atoms. The van der Waals surface area contributed by atoms with Gasteiger partial charge >= 0.3 is 0 Å². The minimum Gasteiger partial charge on any atom is -0.427 e. The van der Waals surface area contributed by atoms with E-state index in [9.17, 15) is 0 Å². The molecule has 0 aromatic carbocycles. The molecule has 0 aliphatic heterocycles. The molecule has 0 radical (unpaired) electrons. The van der Waals surface area contributed by atoms with Crippen molar-refractivity contribution in [2.75, 3.05) is 0 Å². The summed E-state index contributed by atoms with van der Waals surface area (Å²) in [6.07, 6.45) is 3.35. The molecule has 7 heteroatoms. The molecule has 2 aromatic rings. The van der Waals surface area contributed by atoms with Gasteiger partial charge in [-0.15, -0.1) is 11.6 Å². The lowest BCUT2D eigenvalue weighted by Crippen LogP contribution is -1.84. The monoisotopic (exact) mass is 263 g/mol. The third-order valence-corrected chi connectivity index (χ3v) is 3.42. The van der Waals surface area contributed by atoms with E-state index in [0.717, 1.165) is 4.88 Å². The average molecular weight is 264 g/mol. The molecular weight excluding hydrogens is 257 g/mol. The van der Waals surface area contributed by atoms with E-state index >= 15 is 0 Å². The highest BCUT2D eigenvalue weighted by Crippen LogP contribution is 2.32. The minimum absolute atomic E-state index is 0.340. The predicted octanol–water partition coefficient (Wildman–Crippen LogP) is 3.06. The number of ether oxygens (including phenoxy) is 1. The maximum atomic E-state index is 5.83. The van der Waals surface area contributed by atoms with Gasteiger partial charge in [0.2, 0.25) is 0 Å². The molecule has 0 amide bonds. The van der Waals surface area contributed by atoms with Crippen molar-refractivity contribution in [3.63, 3.8) is 0 Å². The van der Waals surface area contributed by atoms with Gasteiger partial charge in [-0.05, 0) is 0 Å². The average Bonchev–Trinajstić information content (AvgIpc) is 2.73. The molecule has 80 valence electrons. The Kier molecular flexibility index (Phi) is 3.14. The summed E-state index contributed by atoms with van der Waals surface area (Å²) in [6, 6.07) is 0. The molecule has 4 nitrogen and oxygen atoms in total. The van der Waals surface area contributed by atoms with Crippen molar-refractivity contribution < 1.29 is 4.74 Å². The summed E-state index contributed by atoms with van der Waals surface area (Å²) < 4.78 is 7.09. The topological polar surface area (TPSA) is 39.9 Å². The van der Waals surface area contributed by atoms with Gasteiger partial charge < -0.3 is 4.74 Å². The van der Waals surface area contributed by atoms with Gasteiger partial charge in [0.25, 0.3) is 5.19 Å². The lowest BCUT2D eigenvalue weighted by Gasteiger charge is -1.94. The van der Waals surface area contributed by atoms with Crippen LogP contribution in [0.5, 0.6) is 10.9 Å². The zero-order valence-corrected chi connectivity index (χ0v) is 10.1. The fourth-order valence-corrected chi connectivity index (χ4v) is 2.33. The molecule has 0 fully saturated rings. The molecular formula is C8H7Cl2N3OS. The fraction of sp³-hybridized carbons (Fsp3) is 0.250. The van der Waals surface area contributed by atoms with Crippen LogP contribution >= 0.6 is 34.5 Å². The van der Waals surface area contributed by atoms with Crippen molar-refractivity contribution in [1.82, 2.24) is 14.8 Å². The molecule has 0 N–H and O–H groups in total. The molecule has 0 saturated heterocycles. The van der Waals surface area contributed by atoms with Crippen molar-refractivity contribution in [2.45, 2.75) is 5.88 Å². The van der Waals surface area contributed by atoms with Crippen molar-refractivity contribution in [3.05, 3.63) is 22.4 Å². The maximum Gasteiger partial charge on any atom is 0.280 e. The second-order valence-corrected chi connectivity index (χ2v) is 4.45. The van der Waals surface area contributed by atoms with Crippen LogP contribution in [0.15, 0.2) is 12.4 Å². The fourth-order valence-electron chi connectivity index (χ4n) is 0.991. The zero-order chi connectivity index (χ0) is 10.8. The van der Waals surface area contributed by atoms with E-state index in [4.69, 9.17) is 27.9 Å². The first-order valence-corrected chi connectivity index (χ1v) is 5.79. The summed E-state index contributed by atoms with van der Waals surface area (Å²) in [5, 5.41) is 4.84. The lowest BCUT2D eigenvalue weighted by atomic mass is 10.6. The van der Waals surface area contributed by atoms with E-state index in [1.54, 1.807) is 17.1 Å². The summed E-state index contributed by atoms with van der Waals surface area (Å²) in [4.78, 5) is 4.83. The maximum absolute atomic E-state index is 5.83. The zero-order valence-electron chi connectivity index (χ0n) is 7.78. The summed E-state index contributed by atoms with van der Waals surface area (Å²) >= 11 is 12.8. The lowest BCUT2D eigenvalue weighted by molar-refractivity contribution is 0.478. The van der Waals surface area contributed by atoms with E-state index < -0.39 is 0 Å². The highest BCUT2D eigenvalue weighted by molar-refractivity contribution is 7.14. The van der Waals surface area contributed by atoms with Crippen LogP contribution in [0.3, 0.4) is 0 Å². The Morgan fingerprint density at radius 1 is 1.60 bits per heavy atom. The van der Waals surface area contributed by atoms with E-state index in [-0.39, 0.29) is 0 Å². The Bertz CT molecular complexity index is 468. The summed E-state index contributed by atoms with van der Waals surface area (Å²) in [6.45, 7) is 0. The predicted molar refractivity (Wildman–Crippen MR) is 60.0 cm³/mol. The summed E-state index contributed by atoms with van der Waals surface area (Å²) in [7, 11) is 1.81. The molecule has 0 saturated carbocycles. The summed E-state index contributed by atoms with van der Waals surface area (Å²) in [5.74, 6) is 0.969. The molecule has 0 atom stereocenters. The van der Waals surface area contributed by atoms with E-state index in [0.29, 0.717) is 22.0 Å². The Balaban J connectivity index is 2.17. The Labute approximate surface area is 100 Å². The third kappa shape index (κ3) is 2.42. The third-order valence-electron chi connectivity index (χ3n) is 1.64. The van der Waals surface area contributed by atoms with E-state index in [2.05, 4.69) is 10.1 Å². The first-order chi connectivity index (χ1) is 7.19. The first kappa shape index (κ1) is 10.7. The second-order valence-electron chi connectivity index (χ2n) is 2.78.